The molecule has 0 amide bonds. The number of anilines is 2. The van der Waals surface area contributed by atoms with Crippen molar-refractivity contribution in [1.29, 1.82) is 0 Å². The fraction of sp³-hybridized carbons (Fsp3) is 0.600. The van der Waals surface area contributed by atoms with Crippen molar-refractivity contribution in [1.82, 2.24) is 10.2 Å². The molecule has 0 aromatic carbocycles. The topological polar surface area (TPSA) is 73.1 Å². The van der Waals surface area contributed by atoms with Gasteiger partial charge in [-0.3, -0.25) is 0 Å². The fourth-order valence-electron chi connectivity index (χ4n) is 1.19. The fourth-order valence-corrected chi connectivity index (χ4v) is 1.19. The van der Waals surface area contributed by atoms with Crippen molar-refractivity contribution in [3.8, 4) is 0 Å². The molecule has 5 nitrogen and oxygen atoms in total. The molecule has 1 atom stereocenters. The number of nitrogens with zero attached hydrogens (tertiary/aromatic N) is 2. The highest BCUT2D eigenvalue weighted by Crippen LogP contribution is 2.10. The summed E-state index contributed by atoms with van der Waals surface area (Å²) in [5.74, 6) is 1.61. The zero-order valence-electron chi connectivity index (χ0n) is 9.40. The van der Waals surface area contributed by atoms with Gasteiger partial charge in [-0.05, 0) is 18.1 Å². The molecule has 0 radical (unpaired) electrons. The van der Waals surface area contributed by atoms with Crippen molar-refractivity contribution in [2.24, 2.45) is 5.92 Å². The number of nitrogen functional groups attached to an aromatic ring is 1. The third-order valence-electron chi connectivity index (χ3n) is 2.17. The van der Waals surface area contributed by atoms with E-state index in [4.69, 9.17) is 10.5 Å². The van der Waals surface area contributed by atoms with Gasteiger partial charge in [0.1, 0.15) is 11.6 Å². The van der Waals surface area contributed by atoms with E-state index in [9.17, 15) is 0 Å². The lowest BCUT2D eigenvalue weighted by Gasteiger charge is -2.21. The summed E-state index contributed by atoms with van der Waals surface area (Å²) in [6, 6.07) is 3.76. The molecule has 0 saturated carbocycles. The van der Waals surface area contributed by atoms with Crippen LogP contribution in [0, 0.1) is 5.92 Å². The standard InChI is InChI=1S/C10H18N4O/c1-7(2)8(6-15-3)12-10-5-4-9(11)13-14-10/h4-5,7-8H,6H2,1-3H3,(H2,11,13)(H,12,14). The number of hydrogen-bond acceptors (Lipinski definition) is 5. The molecule has 1 aromatic rings. The van der Waals surface area contributed by atoms with Crippen LogP contribution in [0.15, 0.2) is 12.1 Å². The summed E-state index contributed by atoms with van der Waals surface area (Å²) in [6.07, 6.45) is 0. The van der Waals surface area contributed by atoms with E-state index in [1.165, 1.54) is 0 Å². The lowest BCUT2D eigenvalue weighted by atomic mass is 10.1. The molecular formula is C10H18N4O. The van der Waals surface area contributed by atoms with E-state index < -0.39 is 0 Å². The van der Waals surface area contributed by atoms with Crippen LogP contribution < -0.4 is 11.1 Å². The van der Waals surface area contributed by atoms with Crippen LogP contribution in [0.4, 0.5) is 11.6 Å². The number of hydrogen-bond donors (Lipinski definition) is 2. The maximum absolute atomic E-state index is 5.45. The Labute approximate surface area is 90.0 Å². The molecule has 84 valence electrons. The van der Waals surface area contributed by atoms with E-state index in [1.54, 1.807) is 13.2 Å². The monoisotopic (exact) mass is 210 g/mol. The average Bonchev–Trinajstić information content (AvgIpc) is 2.20. The molecule has 0 bridgehead atoms. The first kappa shape index (κ1) is 11.7. The summed E-state index contributed by atoms with van der Waals surface area (Å²) in [5, 5.41) is 11.0. The maximum Gasteiger partial charge on any atom is 0.149 e. The van der Waals surface area contributed by atoms with Crippen LogP contribution in [0.25, 0.3) is 0 Å². The van der Waals surface area contributed by atoms with Crippen LogP contribution in [-0.2, 0) is 4.74 Å². The molecule has 0 aliphatic heterocycles. The molecule has 0 saturated heterocycles. The van der Waals surface area contributed by atoms with Crippen LogP contribution in [0.3, 0.4) is 0 Å². The highest BCUT2D eigenvalue weighted by molar-refractivity contribution is 5.39. The first-order chi connectivity index (χ1) is 7.13. The third-order valence-corrected chi connectivity index (χ3v) is 2.17. The van der Waals surface area contributed by atoms with Crippen LogP contribution in [0.2, 0.25) is 0 Å². The van der Waals surface area contributed by atoms with Gasteiger partial charge in [-0.2, -0.15) is 0 Å². The van der Waals surface area contributed by atoms with Crippen LogP contribution >= 0.6 is 0 Å². The number of aromatic nitrogens is 2. The Hall–Kier alpha value is -1.36. The molecule has 1 rings (SSSR count). The maximum atomic E-state index is 5.45. The van der Waals surface area contributed by atoms with Gasteiger partial charge in [0.2, 0.25) is 0 Å². The average molecular weight is 210 g/mol. The van der Waals surface area contributed by atoms with Gasteiger partial charge in [0.25, 0.3) is 0 Å². The summed E-state index contributed by atoms with van der Waals surface area (Å²) in [7, 11) is 1.69. The van der Waals surface area contributed by atoms with Crippen molar-refractivity contribution in [2.75, 3.05) is 24.8 Å². The first-order valence-electron chi connectivity index (χ1n) is 4.98. The van der Waals surface area contributed by atoms with E-state index >= 15 is 0 Å². The summed E-state index contributed by atoms with van der Waals surface area (Å²) in [4.78, 5) is 0. The lowest BCUT2D eigenvalue weighted by molar-refractivity contribution is 0.171. The van der Waals surface area contributed by atoms with E-state index in [-0.39, 0.29) is 6.04 Å². The largest absolute Gasteiger partial charge is 0.383 e. The number of rotatable bonds is 5. The second kappa shape index (κ2) is 5.50. The van der Waals surface area contributed by atoms with Crippen molar-refractivity contribution in [3.05, 3.63) is 12.1 Å². The summed E-state index contributed by atoms with van der Waals surface area (Å²) in [5.41, 5.74) is 5.45. The first-order valence-corrected chi connectivity index (χ1v) is 4.98. The third kappa shape index (κ3) is 3.71. The Morgan fingerprint density at radius 1 is 1.40 bits per heavy atom. The molecule has 1 heterocycles. The molecular weight excluding hydrogens is 192 g/mol. The number of methoxy groups -OCH3 is 1. The smallest absolute Gasteiger partial charge is 0.149 e. The second-order valence-corrected chi connectivity index (χ2v) is 3.79. The normalized spacial score (nSPS) is 12.8. The van der Waals surface area contributed by atoms with E-state index in [0.29, 0.717) is 18.3 Å². The van der Waals surface area contributed by atoms with Crippen molar-refractivity contribution >= 4 is 11.6 Å². The molecule has 0 spiro atoms. The van der Waals surface area contributed by atoms with Crippen molar-refractivity contribution < 1.29 is 4.74 Å². The summed E-state index contributed by atoms with van der Waals surface area (Å²) in [6.45, 7) is 4.90. The molecule has 15 heavy (non-hydrogen) atoms. The highest BCUT2D eigenvalue weighted by Gasteiger charge is 2.13. The van der Waals surface area contributed by atoms with E-state index in [0.717, 1.165) is 5.82 Å². The molecule has 0 fully saturated rings. The predicted molar refractivity (Wildman–Crippen MR) is 60.6 cm³/mol. The molecule has 0 aliphatic carbocycles. The Balaban J connectivity index is 2.61. The summed E-state index contributed by atoms with van der Waals surface area (Å²) >= 11 is 0. The minimum Gasteiger partial charge on any atom is -0.383 e. The summed E-state index contributed by atoms with van der Waals surface area (Å²) < 4.78 is 5.13. The molecule has 0 aliphatic rings. The SMILES string of the molecule is COCC(Nc1ccc(N)nn1)C(C)C. The van der Waals surface area contributed by atoms with Gasteiger partial charge in [-0.15, -0.1) is 10.2 Å². The molecule has 3 N–H and O–H groups in total. The quantitative estimate of drug-likeness (QED) is 0.762. The Morgan fingerprint density at radius 3 is 2.60 bits per heavy atom. The number of nitrogens with two attached hydrogens (primary N) is 1. The second-order valence-electron chi connectivity index (χ2n) is 3.79. The minimum absolute atomic E-state index is 0.230. The molecule has 5 heteroatoms. The zero-order chi connectivity index (χ0) is 11.3. The van der Waals surface area contributed by atoms with Crippen LogP contribution in [0.5, 0.6) is 0 Å². The van der Waals surface area contributed by atoms with Gasteiger partial charge < -0.3 is 15.8 Å². The zero-order valence-corrected chi connectivity index (χ0v) is 9.40. The highest BCUT2D eigenvalue weighted by atomic mass is 16.5. The lowest BCUT2D eigenvalue weighted by Crippen LogP contribution is -2.30. The van der Waals surface area contributed by atoms with Gasteiger partial charge >= 0.3 is 0 Å². The minimum atomic E-state index is 0.230. The van der Waals surface area contributed by atoms with Gasteiger partial charge in [-0.25, -0.2) is 0 Å². The molecule has 1 unspecified atom stereocenters. The number of ether oxygens (including phenoxy) is 1. The predicted octanol–water partition coefficient (Wildman–Crippen LogP) is 1.14. The van der Waals surface area contributed by atoms with E-state index in [2.05, 4.69) is 29.4 Å². The van der Waals surface area contributed by atoms with Crippen LogP contribution in [-0.4, -0.2) is 30.0 Å². The number of nitrogens with one attached hydrogen (secondary N) is 1. The Kier molecular flexibility index (Phi) is 4.30. The molecule has 1 aromatic heterocycles. The van der Waals surface area contributed by atoms with Gasteiger partial charge in [0.05, 0.1) is 12.6 Å². The Morgan fingerprint density at radius 2 is 2.13 bits per heavy atom. The van der Waals surface area contributed by atoms with Crippen molar-refractivity contribution in [2.45, 2.75) is 19.9 Å². The van der Waals surface area contributed by atoms with E-state index in [1.807, 2.05) is 6.07 Å². The van der Waals surface area contributed by atoms with Gasteiger partial charge in [0, 0.05) is 7.11 Å². The van der Waals surface area contributed by atoms with Gasteiger partial charge in [-0.1, -0.05) is 13.8 Å². The Bertz CT molecular complexity index is 286. The van der Waals surface area contributed by atoms with Crippen molar-refractivity contribution in [3.63, 3.8) is 0 Å². The van der Waals surface area contributed by atoms with Crippen LogP contribution in [0.1, 0.15) is 13.8 Å². The van der Waals surface area contributed by atoms with Gasteiger partial charge in [0.15, 0.2) is 0 Å².